The number of anilines is 2. The molecule has 0 radical (unpaired) electrons. The van der Waals surface area contributed by atoms with Crippen molar-refractivity contribution in [3.63, 3.8) is 0 Å². The molecule has 0 aliphatic heterocycles. The van der Waals surface area contributed by atoms with E-state index in [-0.39, 0.29) is 27.0 Å². The molecule has 0 aromatic heterocycles. The maximum Gasteiger partial charge on any atom is 0.270 e. The predicted octanol–water partition coefficient (Wildman–Crippen LogP) is 5.54. The summed E-state index contributed by atoms with van der Waals surface area (Å²) in [5.74, 6) is 0. The number of hydrazone groups is 1. The van der Waals surface area contributed by atoms with Crippen LogP contribution in [0.25, 0.3) is 0 Å². The van der Waals surface area contributed by atoms with Crippen LogP contribution >= 0.6 is 23.2 Å². The molecule has 0 bridgehead atoms. The number of nitro groups is 1. The molecule has 0 atom stereocenters. The van der Waals surface area contributed by atoms with Crippen LogP contribution in [0.15, 0.2) is 76.7 Å². The second kappa shape index (κ2) is 9.34. The number of sulfonamides is 1. The molecule has 0 aliphatic rings. The van der Waals surface area contributed by atoms with E-state index in [4.69, 9.17) is 23.2 Å². The molecular formula is C20H16Cl2N4O4S. The summed E-state index contributed by atoms with van der Waals surface area (Å²) in [5, 5.41) is 16.1. The molecule has 160 valence electrons. The lowest BCUT2D eigenvalue weighted by atomic mass is 10.1. The largest absolute Gasteiger partial charge is 0.278 e. The average molecular weight is 479 g/mol. The molecule has 0 heterocycles. The van der Waals surface area contributed by atoms with Gasteiger partial charge in [0.1, 0.15) is 4.90 Å². The van der Waals surface area contributed by atoms with Gasteiger partial charge in [-0.3, -0.25) is 20.3 Å². The van der Waals surface area contributed by atoms with Crippen LogP contribution in [-0.2, 0) is 10.0 Å². The van der Waals surface area contributed by atoms with Crippen LogP contribution in [0.5, 0.6) is 0 Å². The van der Waals surface area contributed by atoms with Gasteiger partial charge in [0.05, 0.1) is 27.0 Å². The zero-order valence-corrected chi connectivity index (χ0v) is 18.4. The monoisotopic (exact) mass is 478 g/mol. The molecule has 8 nitrogen and oxygen atoms in total. The van der Waals surface area contributed by atoms with Crippen molar-refractivity contribution in [1.82, 2.24) is 0 Å². The highest BCUT2D eigenvalue weighted by atomic mass is 35.5. The first kappa shape index (κ1) is 22.5. The number of nitrogens with zero attached hydrogens (tertiary/aromatic N) is 2. The second-order valence-corrected chi connectivity index (χ2v) is 8.83. The Morgan fingerprint density at radius 1 is 1.00 bits per heavy atom. The van der Waals surface area contributed by atoms with Crippen LogP contribution < -0.4 is 10.1 Å². The van der Waals surface area contributed by atoms with Crippen molar-refractivity contribution in [3.05, 3.63) is 92.5 Å². The van der Waals surface area contributed by atoms with Crippen molar-refractivity contribution >= 4 is 56.0 Å². The Labute approximate surface area is 188 Å². The highest BCUT2D eigenvalue weighted by Crippen LogP contribution is 2.30. The standard InChI is InChI=1S/C20H16Cl2N4O4S/c1-13(14-6-8-15(21)9-7-14)23-24-19-11-10-16(26(27)28)12-20(19)31(29,30)25-18-5-3-2-4-17(18)22/h2-12,24-25H,1H3. The summed E-state index contributed by atoms with van der Waals surface area (Å²) in [4.78, 5) is 10.2. The van der Waals surface area contributed by atoms with Crippen LogP contribution in [-0.4, -0.2) is 19.1 Å². The van der Waals surface area contributed by atoms with Gasteiger partial charge in [-0.2, -0.15) is 5.10 Å². The molecule has 3 rings (SSSR count). The molecule has 31 heavy (non-hydrogen) atoms. The average Bonchev–Trinajstić information content (AvgIpc) is 2.74. The zero-order valence-electron chi connectivity index (χ0n) is 16.0. The number of hydrogen-bond donors (Lipinski definition) is 2. The summed E-state index contributed by atoms with van der Waals surface area (Å²) in [7, 11) is -4.23. The number of nitrogens with one attached hydrogen (secondary N) is 2. The number of rotatable bonds is 7. The van der Waals surface area contributed by atoms with Gasteiger partial charge in [0.25, 0.3) is 15.7 Å². The Hall–Kier alpha value is -3.14. The number of para-hydroxylation sites is 1. The molecule has 11 heteroatoms. The third-order valence-corrected chi connectivity index (χ3v) is 6.18. The molecule has 0 saturated heterocycles. The molecule has 0 unspecified atom stereocenters. The van der Waals surface area contributed by atoms with Gasteiger partial charge in [0.15, 0.2) is 0 Å². The Kier molecular flexibility index (Phi) is 6.79. The van der Waals surface area contributed by atoms with Gasteiger partial charge in [-0.1, -0.05) is 47.5 Å². The third-order valence-electron chi connectivity index (χ3n) is 4.19. The number of hydrogen-bond acceptors (Lipinski definition) is 6. The Balaban J connectivity index is 1.99. The van der Waals surface area contributed by atoms with Gasteiger partial charge in [-0.05, 0) is 42.8 Å². The molecule has 3 aromatic carbocycles. The van der Waals surface area contributed by atoms with Crippen LogP contribution in [0.2, 0.25) is 10.0 Å². The number of nitro benzene ring substituents is 1. The van der Waals surface area contributed by atoms with E-state index >= 15 is 0 Å². The number of non-ortho nitro benzene ring substituents is 1. The minimum absolute atomic E-state index is 0.0541. The molecule has 2 N–H and O–H groups in total. The number of halogens is 2. The van der Waals surface area contributed by atoms with E-state index in [0.717, 1.165) is 11.6 Å². The lowest BCUT2D eigenvalue weighted by molar-refractivity contribution is -0.385. The van der Waals surface area contributed by atoms with E-state index in [1.165, 1.54) is 24.3 Å². The second-order valence-electron chi connectivity index (χ2n) is 6.34. The van der Waals surface area contributed by atoms with Crippen molar-refractivity contribution < 1.29 is 13.3 Å². The first-order chi connectivity index (χ1) is 14.7. The minimum atomic E-state index is -4.23. The Morgan fingerprint density at radius 2 is 1.68 bits per heavy atom. The number of benzene rings is 3. The van der Waals surface area contributed by atoms with E-state index in [1.807, 2.05) is 0 Å². The minimum Gasteiger partial charge on any atom is -0.278 e. The SMILES string of the molecule is CC(=NNc1ccc([N+](=O)[O-])cc1S(=O)(=O)Nc1ccccc1Cl)c1ccc(Cl)cc1. The van der Waals surface area contributed by atoms with Crippen molar-refractivity contribution in [2.24, 2.45) is 5.10 Å². The van der Waals surface area contributed by atoms with Crippen LogP contribution in [0, 0.1) is 10.1 Å². The van der Waals surface area contributed by atoms with Crippen LogP contribution in [0.4, 0.5) is 17.1 Å². The van der Waals surface area contributed by atoms with Gasteiger partial charge in [0.2, 0.25) is 0 Å². The zero-order chi connectivity index (χ0) is 22.6. The molecule has 0 fully saturated rings. The quantitative estimate of drug-likeness (QED) is 0.263. The van der Waals surface area contributed by atoms with E-state index in [9.17, 15) is 18.5 Å². The third kappa shape index (κ3) is 5.52. The molecule has 0 amide bonds. The fourth-order valence-electron chi connectivity index (χ4n) is 2.58. The highest BCUT2D eigenvalue weighted by Gasteiger charge is 2.23. The van der Waals surface area contributed by atoms with E-state index in [1.54, 1.807) is 43.3 Å². The molecular weight excluding hydrogens is 463 g/mol. The lowest BCUT2D eigenvalue weighted by Crippen LogP contribution is -2.15. The van der Waals surface area contributed by atoms with Gasteiger partial charge in [-0.15, -0.1) is 0 Å². The molecule has 0 saturated carbocycles. The maximum atomic E-state index is 13.0. The molecule has 0 spiro atoms. The summed E-state index contributed by atoms with van der Waals surface area (Å²) in [6, 6.07) is 16.6. The summed E-state index contributed by atoms with van der Waals surface area (Å²) >= 11 is 11.9. The van der Waals surface area contributed by atoms with Crippen molar-refractivity contribution in [1.29, 1.82) is 0 Å². The fourth-order valence-corrected chi connectivity index (χ4v) is 4.20. The lowest BCUT2D eigenvalue weighted by Gasteiger charge is -2.13. The van der Waals surface area contributed by atoms with Crippen LogP contribution in [0.1, 0.15) is 12.5 Å². The van der Waals surface area contributed by atoms with Gasteiger partial charge < -0.3 is 0 Å². The van der Waals surface area contributed by atoms with Gasteiger partial charge >= 0.3 is 0 Å². The van der Waals surface area contributed by atoms with E-state index in [0.29, 0.717) is 10.7 Å². The van der Waals surface area contributed by atoms with Crippen molar-refractivity contribution in [2.45, 2.75) is 11.8 Å². The normalized spacial score (nSPS) is 11.8. The Bertz CT molecular complexity index is 1260. The van der Waals surface area contributed by atoms with E-state index in [2.05, 4.69) is 15.2 Å². The van der Waals surface area contributed by atoms with E-state index < -0.39 is 14.9 Å². The smallest absolute Gasteiger partial charge is 0.270 e. The summed E-state index contributed by atoms with van der Waals surface area (Å²) in [5.41, 5.74) is 3.80. The highest BCUT2D eigenvalue weighted by molar-refractivity contribution is 7.93. The van der Waals surface area contributed by atoms with Crippen molar-refractivity contribution in [3.8, 4) is 0 Å². The Morgan fingerprint density at radius 3 is 2.32 bits per heavy atom. The predicted molar refractivity (Wildman–Crippen MR) is 123 cm³/mol. The topological polar surface area (TPSA) is 114 Å². The molecule has 3 aromatic rings. The maximum absolute atomic E-state index is 13.0. The first-order valence-corrected chi connectivity index (χ1v) is 11.0. The fraction of sp³-hybridized carbons (Fsp3) is 0.0500. The van der Waals surface area contributed by atoms with Crippen molar-refractivity contribution in [2.75, 3.05) is 10.1 Å². The first-order valence-electron chi connectivity index (χ1n) is 8.79. The summed E-state index contributed by atoms with van der Waals surface area (Å²) < 4.78 is 28.4. The van der Waals surface area contributed by atoms with Gasteiger partial charge in [-0.25, -0.2) is 8.42 Å². The van der Waals surface area contributed by atoms with Gasteiger partial charge in [0, 0.05) is 17.2 Å². The molecule has 0 aliphatic carbocycles. The summed E-state index contributed by atoms with van der Waals surface area (Å²) in [6.07, 6.45) is 0. The summed E-state index contributed by atoms with van der Waals surface area (Å²) in [6.45, 7) is 1.72. The van der Waals surface area contributed by atoms with Crippen LogP contribution in [0.3, 0.4) is 0 Å².